The molecular weight excluding hydrogens is 419 g/mol. The summed E-state index contributed by atoms with van der Waals surface area (Å²) in [7, 11) is 0. The number of carbonyl (C=O) groups excluding carboxylic acids is 1. The van der Waals surface area contributed by atoms with Crippen LogP contribution in [0.4, 0.5) is 11.4 Å². The van der Waals surface area contributed by atoms with Crippen molar-refractivity contribution >= 4 is 54.5 Å². The van der Waals surface area contributed by atoms with E-state index in [1.165, 1.54) is 25.1 Å². The van der Waals surface area contributed by atoms with Crippen LogP contribution in [-0.4, -0.2) is 49.1 Å². The first-order chi connectivity index (χ1) is 12.1. The van der Waals surface area contributed by atoms with Crippen LogP contribution in [0.5, 0.6) is 0 Å². The van der Waals surface area contributed by atoms with E-state index in [1.807, 2.05) is 12.1 Å². The molecule has 8 heteroatoms. The van der Waals surface area contributed by atoms with Crippen molar-refractivity contribution in [2.24, 2.45) is 11.7 Å². The maximum absolute atomic E-state index is 12.5. The molecule has 0 atom stereocenters. The molecule has 2 aliphatic carbocycles. The Bertz CT molecular complexity index is 628. The van der Waals surface area contributed by atoms with Gasteiger partial charge in [-0.25, -0.2) is 0 Å². The van der Waals surface area contributed by atoms with E-state index in [9.17, 15) is 4.79 Å². The van der Waals surface area contributed by atoms with Crippen molar-refractivity contribution in [3.8, 4) is 0 Å². The van der Waals surface area contributed by atoms with Crippen LogP contribution in [0, 0.1) is 5.92 Å². The normalized spacial score (nSPS) is 21.1. The van der Waals surface area contributed by atoms with E-state index in [4.69, 9.17) is 5.73 Å². The van der Waals surface area contributed by atoms with Gasteiger partial charge in [0.1, 0.15) is 0 Å². The van der Waals surface area contributed by atoms with Crippen LogP contribution in [0.3, 0.4) is 0 Å². The first kappa shape index (κ1) is 25.3. The highest BCUT2D eigenvalue weighted by Crippen LogP contribution is 2.31. The second-order valence-electron chi connectivity index (χ2n) is 8.10. The Labute approximate surface area is 187 Å². The number of hydrogen-bond donors (Lipinski definition) is 2. The maximum atomic E-state index is 12.5. The van der Waals surface area contributed by atoms with Crippen molar-refractivity contribution in [3.05, 3.63) is 24.3 Å². The lowest BCUT2D eigenvalue weighted by Crippen LogP contribution is -2.48. The zero-order chi connectivity index (χ0) is 17.3. The minimum Gasteiger partial charge on any atom is -0.369 e. The Balaban J connectivity index is 0.00000131. The van der Waals surface area contributed by atoms with Crippen LogP contribution < -0.4 is 16.0 Å². The summed E-state index contributed by atoms with van der Waals surface area (Å²) in [5.41, 5.74) is 7.64. The van der Waals surface area contributed by atoms with Gasteiger partial charge in [0.2, 0.25) is 5.91 Å². The monoisotopic (exact) mass is 450 g/mol. The lowest BCUT2D eigenvalue weighted by atomic mass is 9.98. The lowest BCUT2D eigenvalue weighted by molar-refractivity contribution is -0.121. The van der Waals surface area contributed by atoms with Crippen LogP contribution in [0.2, 0.25) is 0 Å². The standard InChI is InChI=1S/C20H30N4O.3ClH/c21-20(8-1-2-9-20)19(25)22-17-4-3-5-18(14-17)24-12-10-23(11-13-24)15-16-6-7-16;;;/h3-5,14,16H,1-2,6-13,15,21H2,(H,22,25);3*1H. The molecule has 3 aliphatic rings. The predicted octanol–water partition coefficient (Wildman–Crippen LogP) is 3.69. The lowest BCUT2D eigenvalue weighted by Gasteiger charge is -2.36. The van der Waals surface area contributed by atoms with Crippen molar-refractivity contribution in [2.45, 2.75) is 44.1 Å². The molecular formula is C20H33Cl3N4O. The van der Waals surface area contributed by atoms with Gasteiger partial charge < -0.3 is 16.0 Å². The van der Waals surface area contributed by atoms with Gasteiger partial charge in [-0.3, -0.25) is 9.69 Å². The first-order valence-corrected chi connectivity index (χ1v) is 9.80. The minimum atomic E-state index is -0.676. The Morgan fingerprint density at radius 2 is 1.71 bits per heavy atom. The van der Waals surface area contributed by atoms with Crippen LogP contribution in [0.25, 0.3) is 0 Å². The Morgan fingerprint density at radius 1 is 1.07 bits per heavy atom. The molecule has 4 rings (SSSR count). The molecule has 0 unspecified atom stereocenters. The fraction of sp³-hybridized carbons (Fsp3) is 0.650. The molecule has 1 aromatic rings. The van der Waals surface area contributed by atoms with E-state index in [1.54, 1.807) is 0 Å². The summed E-state index contributed by atoms with van der Waals surface area (Å²) in [6, 6.07) is 8.22. The van der Waals surface area contributed by atoms with E-state index in [-0.39, 0.29) is 43.1 Å². The summed E-state index contributed by atoms with van der Waals surface area (Å²) in [5, 5.41) is 3.05. The van der Waals surface area contributed by atoms with E-state index in [2.05, 4.69) is 27.2 Å². The second-order valence-corrected chi connectivity index (χ2v) is 8.10. The number of piperazine rings is 1. The molecule has 1 heterocycles. The molecule has 3 N–H and O–H groups in total. The fourth-order valence-electron chi connectivity index (χ4n) is 4.12. The van der Waals surface area contributed by atoms with Crippen molar-refractivity contribution < 1.29 is 4.79 Å². The van der Waals surface area contributed by atoms with Gasteiger partial charge in [-0.2, -0.15) is 0 Å². The summed E-state index contributed by atoms with van der Waals surface area (Å²) in [5.74, 6) is 0.931. The van der Waals surface area contributed by atoms with Gasteiger partial charge in [0.25, 0.3) is 0 Å². The summed E-state index contributed by atoms with van der Waals surface area (Å²) < 4.78 is 0. The highest BCUT2D eigenvalue weighted by Gasteiger charge is 2.37. The molecule has 0 spiro atoms. The number of nitrogens with one attached hydrogen (secondary N) is 1. The fourth-order valence-corrected chi connectivity index (χ4v) is 4.12. The van der Waals surface area contributed by atoms with Crippen LogP contribution >= 0.6 is 37.2 Å². The molecule has 1 amide bonds. The number of hydrogen-bond acceptors (Lipinski definition) is 4. The molecule has 0 aromatic heterocycles. The molecule has 1 aliphatic heterocycles. The molecule has 3 fully saturated rings. The molecule has 160 valence electrons. The van der Waals surface area contributed by atoms with Crippen LogP contribution in [0.1, 0.15) is 38.5 Å². The first-order valence-electron chi connectivity index (χ1n) is 9.80. The zero-order valence-corrected chi connectivity index (χ0v) is 18.7. The molecule has 5 nitrogen and oxygen atoms in total. The van der Waals surface area contributed by atoms with Crippen molar-refractivity contribution in [3.63, 3.8) is 0 Å². The Hall–Kier alpha value is -0.720. The van der Waals surface area contributed by atoms with Crippen molar-refractivity contribution in [1.29, 1.82) is 0 Å². The van der Waals surface area contributed by atoms with Gasteiger partial charge in [0, 0.05) is 44.1 Å². The number of halogens is 3. The number of anilines is 2. The maximum Gasteiger partial charge on any atom is 0.244 e. The number of benzene rings is 1. The van der Waals surface area contributed by atoms with Crippen LogP contribution in [0.15, 0.2) is 24.3 Å². The number of nitrogens with two attached hydrogens (primary N) is 1. The van der Waals surface area contributed by atoms with Gasteiger partial charge in [-0.05, 0) is 49.8 Å². The molecule has 28 heavy (non-hydrogen) atoms. The summed E-state index contributed by atoms with van der Waals surface area (Å²) >= 11 is 0. The minimum absolute atomic E-state index is 0. The number of amides is 1. The molecule has 0 bridgehead atoms. The quantitative estimate of drug-likeness (QED) is 0.716. The summed E-state index contributed by atoms with van der Waals surface area (Å²) in [6.45, 7) is 5.68. The second kappa shape index (κ2) is 10.9. The van der Waals surface area contributed by atoms with E-state index >= 15 is 0 Å². The van der Waals surface area contributed by atoms with Gasteiger partial charge in [0.15, 0.2) is 0 Å². The van der Waals surface area contributed by atoms with E-state index in [0.717, 1.165) is 63.5 Å². The average Bonchev–Trinajstić information content (AvgIpc) is 3.33. The SMILES string of the molecule is Cl.Cl.Cl.NC1(C(=O)Nc2cccc(N3CCN(CC4CC4)CC3)c2)CCCC1. The molecule has 1 aromatic carbocycles. The predicted molar refractivity (Wildman–Crippen MR) is 124 cm³/mol. The third-order valence-electron chi connectivity index (χ3n) is 6.00. The van der Waals surface area contributed by atoms with Crippen molar-refractivity contribution in [1.82, 2.24) is 4.90 Å². The third kappa shape index (κ3) is 6.14. The summed E-state index contributed by atoms with van der Waals surface area (Å²) in [4.78, 5) is 17.5. The molecule has 1 saturated heterocycles. The smallest absolute Gasteiger partial charge is 0.244 e. The third-order valence-corrected chi connectivity index (χ3v) is 6.00. The van der Waals surface area contributed by atoms with Gasteiger partial charge in [-0.1, -0.05) is 18.9 Å². The van der Waals surface area contributed by atoms with Crippen molar-refractivity contribution in [2.75, 3.05) is 42.9 Å². The van der Waals surface area contributed by atoms with E-state index < -0.39 is 5.54 Å². The Morgan fingerprint density at radius 3 is 2.32 bits per heavy atom. The highest BCUT2D eigenvalue weighted by molar-refractivity contribution is 5.98. The Kier molecular flexibility index (Phi) is 9.84. The van der Waals surface area contributed by atoms with Crippen LogP contribution in [-0.2, 0) is 4.79 Å². The average molecular weight is 452 g/mol. The number of rotatable bonds is 5. The van der Waals surface area contributed by atoms with Gasteiger partial charge in [0.05, 0.1) is 5.54 Å². The largest absolute Gasteiger partial charge is 0.369 e. The number of carbonyl (C=O) groups is 1. The van der Waals surface area contributed by atoms with Gasteiger partial charge >= 0.3 is 0 Å². The zero-order valence-electron chi connectivity index (χ0n) is 16.3. The molecule has 0 radical (unpaired) electrons. The number of nitrogens with zero attached hydrogens (tertiary/aromatic N) is 2. The topological polar surface area (TPSA) is 61.6 Å². The summed E-state index contributed by atoms with van der Waals surface area (Å²) in [6.07, 6.45) is 6.53. The van der Waals surface area contributed by atoms with E-state index in [0.29, 0.717) is 0 Å². The molecule has 2 saturated carbocycles. The van der Waals surface area contributed by atoms with Gasteiger partial charge in [-0.15, -0.1) is 37.2 Å². The highest BCUT2D eigenvalue weighted by atomic mass is 35.5.